The van der Waals surface area contributed by atoms with Gasteiger partial charge in [0.2, 0.25) is 0 Å². The van der Waals surface area contributed by atoms with Gasteiger partial charge in [0.15, 0.2) is 0 Å². The summed E-state index contributed by atoms with van der Waals surface area (Å²) < 4.78 is 0. The maximum absolute atomic E-state index is 12.9. The van der Waals surface area contributed by atoms with Crippen molar-refractivity contribution in [2.75, 3.05) is 16.8 Å². The van der Waals surface area contributed by atoms with Crippen LogP contribution in [0.5, 0.6) is 0 Å². The predicted octanol–water partition coefficient (Wildman–Crippen LogP) is 4.21. The summed E-state index contributed by atoms with van der Waals surface area (Å²) in [6.45, 7) is 3.50. The van der Waals surface area contributed by atoms with Gasteiger partial charge in [-0.3, -0.25) is 9.78 Å². The fourth-order valence-corrected chi connectivity index (χ4v) is 3.27. The van der Waals surface area contributed by atoms with Crippen molar-refractivity contribution >= 4 is 17.3 Å². The SMILES string of the molecule is Cc1ccc(CNc2cncc(C(=O)N3CCc4ccccc43)c2)cc1. The second kappa shape index (κ2) is 7.00. The summed E-state index contributed by atoms with van der Waals surface area (Å²) in [4.78, 5) is 19.0. The highest BCUT2D eigenvalue weighted by molar-refractivity contribution is 6.07. The fraction of sp³-hybridized carbons (Fsp3) is 0.182. The highest BCUT2D eigenvalue weighted by Crippen LogP contribution is 2.29. The van der Waals surface area contributed by atoms with E-state index in [9.17, 15) is 4.79 Å². The van der Waals surface area contributed by atoms with E-state index in [1.54, 1.807) is 12.4 Å². The van der Waals surface area contributed by atoms with Gasteiger partial charge in [0.05, 0.1) is 11.3 Å². The molecule has 0 radical (unpaired) electrons. The number of aromatic nitrogens is 1. The number of benzene rings is 2. The van der Waals surface area contributed by atoms with Crippen molar-refractivity contribution in [3.63, 3.8) is 0 Å². The molecule has 0 saturated carbocycles. The molecule has 0 bridgehead atoms. The Morgan fingerprint density at radius 1 is 1.12 bits per heavy atom. The van der Waals surface area contributed by atoms with E-state index in [0.29, 0.717) is 12.1 Å². The summed E-state index contributed by atoms with van der Waals surface area (Å²) in [6, 6.07) is 18.4. The normalized spacial score (nSPS) is 12.7. The number of para-hydroxylation sites is 1. The number of aryl methyl sites for hydroxylation is 1. The lowest BCUT2D eigenvalue weighted by Gasteiger charge is -2.17. The average molecular weight is 343 g/mol. The minimum Gasteiger partial charge on any atom is -0.380 e. The van der Waals surface area contributed by atoms with Gasteiger partial charge >= 0.3 is 0 Å². The minimum atomic E-state index is 0.00133. The Bertz CT molecular complexity index is 934. The number of fused-ring (bicyclic) bond motifs is 1. The average Bonchev–Trinajstić information content (AvgIpc) is 3.11. The van der Waals surface area contributed by atoms with Crippen molar-refractivity contribution in [3.8, 4) is 0 Å². The van der Waals surface area contributed by atoms with Crippen molar-refractivity contribution in [3.05, 3.63) is 89.2 Å². The molecule has 2 heterocycles. The Balaban J connectivity index is 1.49. The zero-order valence-corrected chi connectivity index (χ0v) is 14.8. The summed E-state index contributed by atoms with van der Waals surface area (Å²) >= 11 is 0. The molecule has 0 aliphatic carbocycles. The van der Waals surface area contributed by atoms with E-state index in [1.807, 2.05) is 29.2 Å². The summed E-state index contributed by atoms with van der Waals surface area (Å²) in [5.41, 5.74) is 6.13. The number of rotatable bonds is 4. The zero-order chi connectivity index (χ0) is 17.9. The number of hydrogen-bond acceptors (Lipinski definition) is 3. The van der Waals surface area contributed by atoms with Crippen LogP contribution in [-0.2, 0) is 13.0 Å². The molecule has 1 N–H and O–H groups in total. The highest BCUT2D eigenvalue weighted by Gasteiger charge is 2.25. The van der Waals surface area contributed by atoms with Gasteiger partial charge in [0, 0.05) is 31.2 Å². The Labute approximate surface area is 153 Å². The van der Waals surface area contributed by atoms with Crippen LogP contribution in [0.15, 0.2) is 67.0 Å². The molecular formula is C22H21N3O. The van der Waals surface area contributed by atoms with E-state index < -0.39 is 0 Å². The lowest BCUT2D eigenvalue weighted by Crippen LogP contribution is -2.29. The number of amides is 1. The summed E-state index contributed by atoms with van der Waals surface area (Å²) in [6.07, 6.45) is 4.30. The standard InChI is InChI=1S/C22H21N3O/c1-16-6-8-17(9-7-16)13-24-20-12-19(14-23-15-20)22(26)25-11-10-18-4-2-3-5-21(18)25/h2-9,12,14-15,24H,10-11,13H2,1H3. The van der Waals surface area contributed by atoms with Crippen LogP contribution >= 0.6 is 0 Å². The quantitative estimate of drug-likeness (QED) is 0.772. The Hall–Kier alpha value is -3.14. The van der Waals surface area contributed by atoms with Gasteiger partial charge < -0.3 is 10.2 Å². The van der Waals surface area contributed by atoms with Crippen LogP contribution in [0.2, 0.25) is 0 Å². The van der Waals surface area contributed by atoms with Crippen molar-refractivity contribution in [2.24, 2.45) is 0 Å². The van der Waals surface area contributed by atoms with Gasteiger partial charge in [0.25, 0.3) is 5.91 Å². The third-order valence-corrected chi connectivity index (χ3v) is 4.73. The van der Waals surface area contributed by atoms with Gasteiger partial charge in [-0.1, -0.05) is 48.0 Å². The van der Waals surface area contributed by atoms with Gasteiger partial charge in [-0.25, -0.2) is 0 Å². The molecule has 2 aromatic carbocycles. The number of carbonyl (C=O) groups is 1. The predicted molar refractivity (Wildman–Crippen MR) is 105 cm³/mol. The van der Waals surface area contributed by atoms with Crippen LogP contribution in [0.25, 0.3) is 0 Å². The van der Waals surface area contributed by atoms with Crippen molar-refractivity contribution in [1.82, 2.24) is 4.98 Å². The molecule has 0 saturated heterocycles. The number of hydrogen-bond donors (Lipinski definition) is 1. The molecule has 1 amide bonds. The molecule has 3 aromatic rings. The molecule has 1 aliphatic heterocycles. The number of anilines is 2. The molecule has 130 valence electrons. The van der Waals surface area contributed by atoms with E-state index in [-0.39, 0.29) is 5.91 Å². The molecule has 4 rings (SSSR count). The second-order valence-corrected chi connectivity index (χ2v) is 6.64. The number of pyridine rings is 1. The number of nitrogens with one attached hydrogen (secondary N) is 1. The van der Waals surface area contributed by atoms with Crippen LogP contribution in [0.1, 0.15) is 27.0 Å². The first-order valence-electron chi connectivity index (χ1n) is 8.85. The van der Waals surface area contributed by atoms with E-state index in [1.165, 1.54) is 16.7 Å². The molecule has 26 heavy (non-hydrogen) atoms. The Morgan fingerprint density at radius 2 is 1.92 bits per heavy atom. The van der Waals surface area contributed by atoms with Crippen LogP contribution in [0.3, 0.4) is 0 Å². The maximum Gasteiger partial charge on any atom is 0.259 e. The molecule has 1 aliphatic rings. The summed E-state index contributed by atoms with van der Waals surface area (Å²) in [7, 11) is 0. The topological polar surface area (TPSA) is 45.2 Å². The van der Waals surface area contributed by atoms with Gasteiger partial charge in [-0.05, 0) is 36.6 Å². The number of carbonyl (C=O) groups excluding carboxylic acids is 1. The third kappa shape index (κ3) is 3.31. The fourth-order valence-electron chi connectivity index (χ4n) is 3.27. The third-order valence-electron chi connectivity index (χ3n) is 4.73. The summed E-state index contributed by atoms with van der Waals surface area (Å²) in [5, 5.41) is 3.35. The Morgan fingerprint density at radius 3 is 2.77 bits per heavy atom. The largest absolute Gasteiger partial charge is 0.380 e. The lowest BCUT2D eigenvalue weighted by molar-refractivity contribution is 0.0989. The van der Waals surface area contributed by atoms with E-state index >= 15 is 0 Å². The lowest BCUT2D eigenvalue weighted by atomic mass is 10.1. The molecule has 0 atom stereocenters. The molecule has 1 aromatic heterocycles. The molecule has 0 fully saturated rings. The van der Waals surface area contributed by atoms with Crippen LogP contribution in [-0.4, -0.2) is 17.4 Å². The van der Waals surface area contributed by atoms with Crippen molar-refractivity contribution < 1.29 is 4.79 Å². The molecule has 4 heteroatoms. The molecule has 0 unspecified atom stereocenters. The number of nitrogens with zero attached hydrogens (tertiary/aromatic N) is 2. The monoisotopic (exact) mass is 343 g/mol. The zero-order valence-electron chi connectivity index (χ0n) is 14.8. The molecular weight excluding hydrogens is 322 g/mol. The van der Waals surface area contributed by atoms with E-state index in [4.69, 9.17) is 0 Å². The maximum atomic E-state index is 12.9. The Kier molecular flexibility index (Phi) is 4.40. The first-order chi connectivity index (χ1) is 12.7. The van der Waals surface area contributed by atoms with Crippen LogP contribution in [0, 0.1) is 6.92 Å². The van der Waals surface area contributed by atoms with Gasteiger partial charge in [-0.2, -0.15) is 0 Å². The smallest absolute Gasteiger partial charge is 0.259 e. The molecule has 4 nitrogen and oxygen atoms in total. The van der Waals surface area contributed by atoms with E-state index in [0.717, 1.165) is 24.3 Å². The molecule has 0 spiro atoms. The van der Waals surface area contributed by atoms with E-state index in [2.05, 4.69) is 47.6 Å². The van der Waals surface area contributed by atoms with Crippen LogP contribution < -0.4 is 10.2 Å². The first-order valence-corrected chi connectivity index (χ1v) is 8.85. The second-order valence-electron chi connectivity index (χ2n) is 6.64. The minimum absolute atomic E-state index is 0.00133. The van der Waals surface area contributed by atoms with Crippen LogP contribution in [0.4, 0.5) is 11.4 Å². The van der Waals surface area contributed by atoms with Gasteiger partial charge in [0.1, 0.15) is 0 Å². The van der Waals surface area contributed by atoms with Crippen molar-refractivity contribution in [1.29, 1.82) is 0 Å². The summed E-state index contributed by atoms with van der Waals surface area (Å²) in [5.74, 6) is 0.00133. The van der Waals surface area contributed by atoms with Crippen molar-refractivity contribution in [2.45, 2.75) is 19.9 Å². The first kappa shape index (κ1) is 16.3. The highest BCUT2D eigenvalue weighted by atomic mass is 16.2. The van der Waals surface area contributed by atoms with Gasteiger partial charge in [-0.15, -0.1) is 0 Å².